The predicted octanol–water partition coefficient (Wildman–Crippen LogP) is 1.68. The van der Waals surface area contributed by atoms with Gasteiger partial charge in [-0.3, -0.25) is 20.3 Å². The number of anilines is 2. The fourth-order valence-corrected chi connectivity index (χ4v) is 1.41. The van der Waals surface area contributed by atoms with Gasteiger partial charge in [0.15, 0.2) is 0 Å². The van der Waals surface area contributed by atoms with Gasteiger partial charge in [0.25, 0.3) is 0 Å². The average Bonchev–Trinajstić information content (AvgIpc) is 2.20. The van der Waals surface area contributed by atoms with Crippen LogP contribution in [0.4, 0.5) is 11.4 Å². The molecule has 0 radical (unpaired) electrons. The molecule has 0 aromatic heterocycles. The summed E-state index contributed by atoms with van der Waals surface area (Å²) in [4.78, 5) is 21.8. The molecule has 0 spiro atoms. The molecule has 0 aliphatic carbocycles. The second-order valence-electron chi connectivity index (χ2n) is 3.55. The summed E-state index contributed by atoms with van der Waals surface area (Å²) < 4.78 is 4.89. The van der Waals surface area contributed by atoms with E-state index < -0.39 is 5.97 Å². The number of aryl methyl sites for hydroxylation is 1. The summed E-state index contributed by atoms with van der Waals surface area (Å²) in [6.45, 7) is 4.36. The Morgan fingerprint density at radius 2 is 1.94 bits per heavy atom. The Morgan fingerprint density at radius 3 is 2.41 bits per heavy atom. The van der Waals surface area contributed by atoms with E-state index in [1.54, 1.807) is 13.0 Å². The van der Waals surface area contributed by atoms with Crippen LogP contribution in [0.2, 0.25) is 0 Å². The molecule has 0 aliphatic heterocycles. The highest BCUT2D eigenvalue weighted by molar-refractivity contribution is 5.94. The van der Waals surface area contributed by atoms with Crippen LogP contribution in [0.5, 0.6) is 5.75 Å². The quantitative estimate of drug-likeness (QED) is 0.423. The van der Waals surface area contributed by atoms with Gasteiger partial charge in [-0.1, -0.05) is 0 Å². The molecule has 0 saturated carbocycles. The standard InChI is InChI=1S/C11H14N2O4/c1-6-4-9(17-8(3)15)5-10(13-16)11(6)12-7(2)14/h4-5,13,16H,1-3H3,(H,12,14). The Bertz CT molecular complexity index is 457. The van der Waals surface area contributed by atoms with E-state index in [0.29, 0.717) is 17.0 Å². The molecule has 0 aliphatic rings. The third-order valence-corrected chi connectivity index (χ3v) is 1.99. The highest BCUT2D eigenvalue weighted by atomic mass is 16.5. The smallest absolute Gasteiger partial charge is 0.308 e. The van der Waals surface area contributed by atoms with E-state index in [9.17, 15) is 9.59 Å². The van der Waals surface area contributed by atoms with Crippen molar-refractivity contribution in [1.29, 1.82) is 0 Å². The maximum absolute atomic E-state index is 11.0. The Morgan fingerprint density at radius 1 is 1.29 bits per heavy atom. The number of carbonyl (C=O) groups is 2. The van der Waals surface area contributed by atoms with E-state index in [4.69, 9.17) is 9.94 Å². The van der Waals surface area contributed by atoms with Gasteiger partial charge in [-0.2, -0.15) is 0 Å². The minimum absolute atomic E-state index is 0.259. The lowest BCUT2D eigenvalue weighted by molar-refractivity contribution is -0.131. The summed E-state index contributed by atoms with van der Waals surface area (Å²) in [7, 11) is 0. The van der Waals surface area contributed by atoms with Crippen LogP contribution >= 0.6 is 0 Å². The number of hydrogen-bond acceptors (Lipinski definition) is 5. The molecule has 0 saturated heterocycles. The Hall–Kier alpha value is -2.08. The van der Waals surface area contributed by atoms with Crippen molar-refractivity contribution >= 4 is 23.3 Å². The lowest BCUT2D eigenvalue weighted by Crippen LogP contribution is -2.10. The Labute approximate surface area is 98.5 Å². The average molecular weight is 238 g/mol. The first-order valence-electron chi connectivity index (χ1n) is 4.94. The van der Waals surface area contributed by atoms with Crippen LogP contribution in [0, 0.1) is 6.92 Å². The van der Waals surface area contributed by atoms with Gasteiger partial charge >= 0.3 is 5.97 Å². The molecule has 0 bridgehead atoms. The molecule has 0 unspecified atom stereocenters. The molecule has 1 aromatic rings. The van der Waals surface area contributed by atoms with Crippen molar-refractivity contribution in [2.24, 2.45) is 0 Å². The highest BCUT2D eigenvalue weighted by Gasteiger charge is 2.11. The molecule has 3 N–H and O–H groups in total. The van der Waals surface area contributed by atoms with Crippen molar-refractivity contribution in [1.82, 2.24) is 0 Å². The van der Waals surface area contributed by atoms with Crippen LogP contribution in [-0.2, 0) is 9.59 Å². The second kappa shape index (κ2) is 5.31. The lowest BCUT2D eigenvalue weighted by atomic mass is 10.1. The van der Waals surface area contributed by atoms with E-state index in [1.807, 2.05) is 5.48 Å². The number of esters is 1. The van der Waals surface area contributed by atoms with Crippen LogP contribution in [0.3, 0.4) is 0 Å². The largest absolute Gasteiger partial charge is 0.427 e. The Kier molecular flexibility index (Phi) is 4.06. The minimum atomic E-state index is -0.458. The first-order chi connectivity index (χ1) is 7.93. The number of hydrogen-bond donors (Lipinski definition) is 3. The number of amides is 1. The maximum atomic E-state index is 11.0. The summed E-state index contributed by atoms with van der Waals surface area (Å²) >= 11 is 0. The molecule has 1 rings (SSSR count). The summed E-state index contributed by atoms with van der Waals surface area (Å²) in [5.41, 5.74) is 3.31. The number of ether oxygens (including phenoxy) is 1. The van der Waals surface area contributed by atoms with Crippen LogP contribution < -0.4 is 15.5 Å². The van der Waals surface area contributed by atoms with Gasteiger partial charge in [0, 0.05) is 19.9 Å². The second-order valence-corrected chi connectivity index (χ2v) is 3.55. The van der Waals surface area contributed by atoms with E-state index in [2.05, 4.69) is 5.32 Å². The number of rotatable bonds is 3. The molecule has 6 heteroatoms. The van der Waals surface area contributed by atoms with E-state index in [0.717, 1.165) is 0 Å². The molecule has 6 nitrogen and oxygen atoms in total. The van der Waals surface area contributed by atoms with Gasteiger partial charge in [-0.05, 0) is 18.6 Å². The van der Waals surface area contributed by atoms with Crippen LogP contribution in [0.15, 0.2) is 12.1 Å². The van der Waals surface area contributed by atoms with Gasteiger partial charge in [0.05, 0.1) is 11.4 Å². The maximum Gasteiger partial charge on any atom is 0.308 e. The zero-order valence-electron chi connectivity index (χ0n) is 9.83. The Balaban J connectivity index is 3.15. The van der Waals surface area contributed by atoms with Crippen molar-refractivity contribution in [2.45, 2.75) is 20.8 Å². The van der Waals surface area contributed by atoms with Gasteiger partial charge in [-0.25, -0.2) is 0 Å². The highest BCUT2D eigenvalue weighted by Crippen LogP contribution is 2.31. The molecule has 17 heavy (non-hydrogen) atoms. The van der Waals surface area contributed by atoms with Gasteiger partial charge in [0.1, 0.15) is 5.75 Å². The third kappa shape index (κ3) is 3.46. The van der Waals surface area contributed by atoms with Crippen LogP contribution in [-0.4, -0.2) is 17.1 Å². The first-order valence-corrected chi connectivity index (χ1v) is 4.94. The van der Waals surface area contributed by atoms with Gasteiger partial charge in [-0.15, -0.1) is 0 Å². The van der Waals surface area contributed by atoms with Crippen molar-refractivity contribution in [3.05, 3.63) is 17.7 Å². The normalized spacial score (nSPS) is 9.65. The SMILES string of the molecule is CC(=O)Nc1c(C)cc(OC(C)=O)cc1NO. The molecule has 0 fully saturated rings. The molecule has 0 heterocycles. The number of nitrogens with one attached hydrogen (secondary N) is 2. The monoisotopic (exact) mass is 238 g/mol. The van der Waals surface area contributed by atoms with E-state index >= 15 is 0 Å². The van der Waals surface area contributed by atoms with Crippen LogP contribution in [0.1, 0.15) is 19.4 Å². The first kappa shape index (κ1) is 13.0. The van der Waals surface area contributed by atoms with E-state index in [-0.39, 0.29) is 11.6 Å². The fraction of sp³-hybridized carbons (Fsp3) is 0.273. The molecule has 0 atom stereocenters. The molecular formula is C11H14N2O4. The van der Waals surface area contributed by atoms with Crippen molar-refractivity contribution < 1.29 is 19.5 Å². The zero-order chi connectivity index (χ0) is 13.0. The van der Waals surface area contributed by atoms with Gasteiger partial charge < -0.3 is 10.1 Å². The van der Waals surface area contributed by atoms with E-state index in [1.165, 1.54) is 19.9 Å². The minimum Gasteiger partial charge on any atom is -0.427 e. The molecule has 1 amide bonds. The van der Waals surface area contributed by atoms with Gasteiger partial charge in [0.2, 0.25) is 5.91 Å². The predicted molar refractivity (Wildman–Crippen MR) is 62.2 cm³/mol. The van der Waals surface area contributed by atoms with Crippen molar-refractivity contribution in [2.75, 3.05) is 10.8 Å². The molecule has 1 aromatic carbocycles. The third-order valence-electron chi connectivity index (χ3n) is 1.99. The molecule has 92 valence electrons. The van der Waals surface area contributed by atoms with Crippen molar-refractivity contribution in [3.63, 3.8) is 0 Å². The summed E-state index contributed by atoms with van der Waals surface area (Å²) in [5.74, 6) is -0.425. The summed E-state index contributed by atoms with van der Waals surface area (Å²) in [5, 5.41) is 11.5. The lowest BCUT2D eigenvalue weighted by Gasteiger charge is -2.13. The van der Waals surface area contributed by atoms with Crippen molar-refractivity contribution in [3.8, 4) is 5.75 Å². The summed E-state index contributed by atoms with van der Waals surface area (Å²) in [6.07, 6.45) is 0. The topological polar surface area (TPSA) is 87.7 Å². The van der Waals surface area contributed by atoms with Crippen LogP contribution in [0.25, 0.3) is 0 Å². The summed E-state index contributed by atoms with van der Waals surface area (Å²) in [6, 6.07) is 3.01. The zero-order valence-corrected chi connectivity index (χ0v) is 9.83. The molecular weight excluding hydrogens is 224 g/mol. The number of benzene rings is 1. The number of carbonyl (C=O) groups excluding carboxylic acids is 2. The fourth-order valence-electron chi connectivity index (χ4n) is 1.41.